The zero-order valence-corrected chi connectivity index (χ0v) is 8.43. The maximum absolute atomic E-state index is 11.9. The molecule has 3 nitrogen and oxygen atoms in total. The van der Waals surface area contributed by atoms with Crippen LogP contribution in [0.15, 0.2) is 24.3 Å². The average molecular weight is 201 g/mol. The molecule has 3 rings (SSSR count). The van der Waals surface area contributed by atoms with E-state index in [4.69, 9.17) is 0 Å². The number of amides is 2. The predicted octanol–water partition coefficient (Wildman–Crippen LogP) is 1.69. The van der Waals surface area contributed by atoms with Crippen molar-refractivity contribution in [3.8, 4) is 0 Å². The van der Waals surface area contributed by atoms with Crippen molar-refractivity contribution < 1.29 is 9.59 Å². The molecule has 3 heteroatoms. The van der Waals surface area contributed by atoms with Gasteiger partial charge in [0.25, 0.3) is 11.8 Å². The third-order valence-corrected chi connectivity index (χ3v) is 3.22. The van der Waals surface area contributed by atoms with Gasteiger partial charge in [0.1, 0.15) is 0 Å². The van der Waals surface area contributed by atoms with Gasteiger partial charge in [0.15, 0.2) is 0 Å². The number of rotatable bonds is 1. The smallest absolute Gasteiger partial charge is 0.261 e. The number of fused-ring (bicyclic) bond motifs is 1. The quantitative estimate of drug-likeness (QED) is 0.648. The summed E-state index contributed by atoms with van der Waals surface area (Å²) in [4.78, 5) is 25.3. The van der Waals surface area contributed by atoms with Gasteiger partial charge in [-0.1, -0.05) is 19.1 Å². The van der Waals surface area contributed by atoms with E-state index < -0.39 is 0 Å². The second-order valence-electron chi connectivity index (χ2n) is 4.31. The van der Waals surface area contributed by atoms with Gasteiger partial charge in [-0.15, -0.1) is 0 Å². The summed E-state index contributed by atoms with van der Waals surface area (Å²) in [6.07, 6.45) is 0.950. The van der Waals surface area contributed by atoms with Crippen LogP contribution in [-0.2, 0) is 0 Å². The van der Waals surface area contributed by atoms with Gasteiger partial charge in [0.05, 0.1) is 11.1 Å². The maximum Gasteiger partial charge on any atom is 0.261 e. The summed E-state index contributed by atoms with van der Waals surface area (Å²) in [5.41, 5.74) is 1.11. The number of carbonyl (C=O) groups is 2. The summed E-state index contributed by atoms with van der Waals surface area (Å²) >= 11 is 0. The van der Waals surface area contributed by atoms with E-state index in [-0.39, 0.29) is 17.9 Å². The lowest BCUT2D eigenvalue weighted by molar-refractivity contribution is 0.0635. The number of nitrogens with zero attached hydrogens (tertiary/aromatic N) is 1. The molecule has 1 aromatic rings. The third kappa shape index (κ3) is 1.06. The van der Waals surface area contributed by atoms with Crippen molar-refractivity contribution in [1.29, 1.82) is 0 Å². The molecular weight excluding hydrogens is 190 g/mol. The fourth-order valence-corrected chi connectivity index (χ4v) is 2.17. The number of hydrogen-bond donors (Lipinski definition) is 0. The van der Waals surface area contributed by atoms with Crippen molar-refractivity contribution >= 4 is 11.8 Å². The van der Waals surface area contributed by atoms with Crippen molar-refractivity contribution in [2.24, 2.45) is 5.92 Å². The molecule has 76 valence electrons. The average Bonchev–Trinajstić information content (AvgIpc) is 2.89. The second-order valence-corrected chi connectivity index (χ2v) is 4.31. The summed E-state index contributed by atoms with van der Waals surface area (Å²) in [6, 6.07) is 7.18. The lowest BCUT2D eigenvalue weighted by atomic mass is 10.1. The number of imide groups is 1. The molecule has 1 aliphatic heterocycles. The molecule has 1 aliphatic carbocycles. The standard InChI is InChI=1S/C12H11NO2/c1-7-6-10(7)13-11(14)8-4-2-3-5-9(8)12(13)15/h2-5,7,10H,6H2,1H3/t7-,10-/m0/s1. The van der Waals surface area contributed by atoms with Crippen LogP contribution in [0.5, 0.6) is 0 Å². The Hall–Kier alpha value is -1.64. The second kappa shape index (κ2) is 2.69. The first kappa shape index (κ1) is 8.65. The van der Waals surface area contributed by atoms with Crippen LogP contribution in [0.4, 0.5) is 0 Å². The highest BCUT2D eigenvalue weighted by atomic mass is 16.2. The Bertz CT molecular complexity index is 431. The molecule has 15 heavy (non-hydrogen) atoms. The van der Waals surface area contributed by atoms with Gasteiger partial charge < -0.3 is 0 Å². The summed E-state index contributed by atoms with van der Waals surface area (Å²) in [6.45, 7) is 2.06. The first-order chi connectivity index (χ1) is 7.20. The Morgan fingerprint density at radius 1 is 1.13 bits per heavy atom. The Labute approximate surface area is 87.7 Å². The molecule has 2 aliphatic rings. The van der Waals surface area contributed by atoms with Crippen molar-refractivity contribution in [3.63, 3.8) is 0 Å². The van der Waals surface area contributed by atoms with Gasteiger partial charge in [-0.3, -0.25) is 14.5 Å². The van der Waals surface area contributed by atoms with Crippen molar-refractivity contribution in [2.75, 3.05) is 0 Å². The van der Waals surface area contributed by atoms with Crippen LogP contribution in [0.1, 0.15) is 34.1 Å². The van der Waals surface area contributed by atoms with Crippen LogP contribution in [0.2, 0.25) is 0 Å². The molecule has 0 N–H and O–H groups in total. The topological polar surface area (TPSA) is 37.4 Å². The van der Waals surface area contributed by atoms with E-state index in [2.05, 4.69) is 6.92 Å². The summed E-state index contributed by atoms with van der Waals surface area (Å²) in [5.74, 6) is 0.224. The van der Waals surface area contributed by atoms with E-state index >= 15 is 0 Å². The van der Waals surface area contributed by atoms with Gasteiger partial charge in [0, 0.05) is 6.04 Å². The van der Waals surface area contributed by atoms with Crippen LogP contribution in [0.25, 0.3) is 0 Å². The Morgan fingerprint density at radius 2 is 1.60 bits per heavy atom. The monoisotopic (exact) mass is 201 g/mol. The molecule has 0 bridgehead atoms. The van der Waals surface area contributed by atoms with Gasteiger partial charge in [-0.25, -0.2) is 0 Å². The van der Waals surface area contributed by atoms with Crippen molar-refractivity contribution in [2.45, 2.75) is 19.4 Å². The van der Waals surface area contributed by atoms with Crippen molar-refractivity contribution in [1.82, 2.24) is 4.90 Å². The normalized spacial score (nSPS) is 28.2. The molecule has 2 amide bonds. The zero-order chi connectivity index (χ0) is 10.6. The molecule has 0 saturated heterocycles. The largest absolute Gasteiger partial charge is 0.271 e. The molecule has 1 heterocycles. The predicted molar refractivity (Wildman–Crippen MR) is 54.5 cm³/mol. The van der Waals surface area contributed by atoms with Crippen molar-refractivity contribution in [3.05, 3.63) is 35.4 Å². The van der Waals surface area contributed by atoms with Crippen LogP contribution >= 0.6 is 0 Å². The third-order valence-electron chi connectivity index (χ3n) is 3.22. The minimum absolute atomic E-state index is 0.120. The molecule has 0 unspecified atom stereocenters. The van der Waals surface area contributed by atoms with E-state index in [1.165, 1.54) is 4.90 Å². The van der Waals surface area contributed by atoms with Crippen LogP contribution < -0.4 is 0 Å². The lowest BCUT2D eigenvalue weighted by Gasteiger charge is -2.12. The molecule has 0 aromatic heterocycles. The summed E-state index contributed by atoms with van der Waals surface area (Å²) < 4.78 is 0. The molecule has 0 spiro atoms. The number of hydrogen-bond acceptors (Lipinski definition) is 2. The molecular formula is C12H11NO2. The SMILES string of the molecule is C[C@H]1C[C@@H]1N1C(=O)c2ccccc2C1=O. The molecule has 2 atom stereocenters. The fraction of sp³-hybridized carbons (Fsp3) is 0.333. The van der Waals surface area contributed by atoms with E-state index in [9.17, 15) is 9.59 Å². The first-order valence-electron chi connectivity index (χ1n) is 5.17. The number of carbonyl (C=O) groups excluding carboxylic acids is 2. The van der Waals surface area contributed by atoms with Gasteiger partial charge >= 0.3 is 0 Å². The van der Waals surface area contributed by atoms with Crippen LogP contribution in [-0.4, -0.2) is 22.8 Å². The highest BCUT2D eigenvalue weighted by Gasteiger charge is 2.48. The Balaban J connectivity index is 2.05. The van der Waals surface area contributed by atoms with E-state index in [1.807, 2.05) is 0 Å². The van der Waals surface area contributed by atoms with E-state index in [1.54, 1.807) is 24.3 Å². The molecule has 0 radical (unpaired) electrons. The molecule has 1 fully saturated rings. The van der Waals surface area contributed by atoms with Gasteiger partial charge in [0.2, 0.25) is 0 Å². The van der Waals surface area contributed by atoms with E-state index in [0.29, 0.717) is 17.0 Å². The van der Waals surface area contributed by atoms with Gasteiger partial charge in [-0.05, 0) is 24.5 Å². The molecule has 1 saturated carbocycles. The van der Waals surface area contributed by atoms with Crippen LogP contribution in [0.3, 0.4) is 0 Å². The zero-order valence-electron chi connectivity index (χ0n) is 8.43. The van der Waals surface area contributed by atoms with Crippen LogP contribution in [0, 0.1) is 5.92 Å². The highest BCUT2D eigenvalue weighted by Crippen LogP contribution is 2.39. The Morgan fingerprint density at radius 3 is 2.00 bits per heavy atom. The highest BCUT2D eigenvalue weighted by molar-refractivity contribution is 6.21. The van der Waals surface area contributed by atoms with E-state index in [0.717, 1.165) is 6.42 Å². The first-order valence-corrected chi connectivity index (χ1v) is 5.17. The minimum atomic E-state index is -0.120. The van der Waals surface area contributed by atoms with Gasteiger partial charge in [-0.2, -0.15) is 0 Å². The summed E-state index contributed by atoms with van der Waals surface area (Å²) in [5, 5.41) is 0. The maximum atomic E-state index is 11.9. The Kier molecular flexibility index (Phi) is 1.55. The molecule has 1 aromatic carbocycles. The minimum Gasteiger partial charge on any atom is -0.271 e. The number of benzene rings is 1. The fourth-order valence-electron chi connectivity index (χ4n) is 2.17. The lowest BCUT2D eigenvalue weighted by Crippen LogP contribution is -2.32. The summed E-state index contributed by atoms with van der Waals surface area (Å²) in [7, 11) is 0.